The molecule has 1 aromatic rings. The summed E-state index contributed by atoms with van der Waals surface area (Å²) in [4.78, 5) is 25.5. The topological polar surface area (TPSA) is 95.2 Å². The molecule has 5 unspecified atom stereocenters. The summed E-state index contributed by atoms with van der Waals surface area (Å²) >= 11 is 0. The molecule has 0 bridgehead atoms. The highest BCUT2D eigenvalue weighted by molar-refractivity contribution is 5.81. The molecule has 7 atom stereocenters. The lowest BCUT2D eigenvalue weighted by Crippen LogP contribution is -2.66. The van der Waals surface area contributed by atoms with Gasteiger partial charge in [0.05, 0.1) is 30.0 Å². The van der Waals surface area contributed by atoms with Crippen LogP contribution in [0.3, 0.4) is 0 Å². The van der Waals surface area contributed by atoms with E-state index in [1.54, 1.807) is 12.5 Å². The van der Waals surface area contributed by atoms with E-state index < -0.39 is 22.7 Å². The SMILES string of the molecule is CC(=O)OC12CCCC3C1(CC[C@@H](C)[C@]31CC(c3ccoc3)OC1=O)C(O)OC2. The maximum absolute atomic E-state index is 13.5. The molecular formula is C22H28O7. The second-order valence-electron chi connectivity index (χ2n) is 9.37. The Morgan fingerprint density at radius 1 is 1.31 bits per heavy atom. The molecule has 2 saturated heterocycles. The monoisotopic (exact) mass is 404 g/mol. The first-order chi connectivity index (χ1) is 13.9. The smallest absolute Gasteiger partial charge is 0.313 e. The van der Waals surface area contributed by atoms with Crippen molar-refractivity contribution in [1.82, 2.24) is 0 Å². The van der Waals surface area contributed by atoms with E-state index in [1.807, 2.05) is 6.07 Å². The summed E-state index contributed by atoms with van der Waals surface area (Å²) in [5.41, 5.74) is -1.55. The van der Waals surface area contributed by atoms with Crippen molar-refractivity contribution in [3.63, 3.8) is 0 Å². The van der Waals surface area contributed by atoms with Gasteiger partial charge in [-0.2, -0.15) is 0 Å². The molecule has 7 heteroatoms. The lowest BCUT2D eigenvalue weighted by Gasteiger charge is -2.61. The summed E-state index contributed by atoms with van der Waals surface area (Å²) in [7, 11) is 0. The third-order valence-electron chi connectivity index (χ3n) is 8.36. The highest BCUT2D eigenvalue weighted by atomic mass is 16.6. The molecule has 2 aliphatic heterocycles. The zero-order valence-electron chi connectivity index (χ0n) is 16.9. The van der Waals surface area contributed by atoms with Crippen LogP contribution in [0.5, 0.6) is 0 Å². The summed E-state index contributed by atoms with van der Waals surface area (Å²) in [6.07, 6.45) is 5.98. The number of hydrogen-bond donors (Lipinski definition) is 1. The van der Waals surface area contributed by atoms with Crippen LogP contribution in [0.1, 0.15) is 64.0 Å². The van der Waals surface area contributed by atoms with Crippen LogP contribution < -0.4 is 0 Å². The largest absolute Gasteiger partial charge is 0.472 e. The minimum Gasteiger partial charge on any atom is -0.472 e. The number of ether oxygens (including phenoxy) is 3. The van der Waals surface area contributed by atoms with Gasteiger partial charge in [-0.25, -0.2) is 0 Å². The van der Waals surface area contributed by atoms with Gasteiger partial charge in [-0.3, -0.25) is 9.59 Å². The Bertz CT molecular complexity index is 815. The predicted molar refractivity (Wildman–Crippen MR) is 99.2 cm³/mol. The molecule has 29 heavy (non-hydrogen) atoms. The van der Waals surface area contributed by atoms with E-state index in [-0.39, 0.29) is 36.5 Å². The van der Waals surface area contributed by atoms with Crippen molar-refractivity contribution >= 4 is 11.9 Å². The minimum atomic E-state index is -1.06. The Morgan fingerprint density at radius 2 is 2.14 bits per heavy atom. The van der Waals surface area contributed by atoms with Gasteiger partial charge in [-0.15, -0.1) is 0 Å². The minimum absolute atomic E-state index is 0.100. The van der Waals surface area contributed by atoms with E-state index >= 15 is 0 Å². The number of fused-ring (bicyclic) bond motifs is 1. The van der Waals surface area contributed by atoms with E-state index in [9.17, 15) is 14.7 Å². The average molecular weight is 404 g/mol. The molecule has 3 heterocycles. The van der Waals surface area contributed by atoms with Crippen molar-refractivity contribution in [1.29, 1.82) is 0 Å². The van der Waals surface area contributed by atoms with Gasteiger partial charge in [0, 0.05) is 18.9 Å². The molecule has 158 valence electrons. The standard InChI is InChI=1S/C22H28O7/c1-13-5-8-22-17(4-3-7-20(22,29-14(2)23)12-27-19(22)25)21(13)10-16(28-18(21)24)15-6-9-26-11-15/h6,9,11,13,16-17,19,25H,3-5,7-8,10,12H2,1-2H3/t13-,16?,17?,19?,20?,21-,22?/m1/s1. The molecule has 1 N–H and O–H groups in total. The van der Waals surface area contributed by atoms with E-state index in [0.717, 1.165) is 24.8 Å². The third kappa shape index (κ3) is 2.31. The van der Waals surface area contributed by atoms with Crippen molar-refractivity contribution in [2.75, 3.05) is 6.61 Å². The number of carbonyl (C=O) groups excluding carboxylic acids is 2. The van der Waals surface area contributed by atoms with Crippen molar-refractivity contribution in [2.45, 2.75) is 70.4 Å². The Kier molecular flexibility index (Phi) is 4.17. The molecule has 1 aromatic heterocycles. The highest BCUT2D eigenvalue weighted by Gasteiger charge is 2.76. The first kappa shape index (κ1) is 19.1. The van der Waals surface area contributed by atoms with Gasteiger partial charge in [0.2, 0.25) is 0 Å². The van der Waals surface area contributed by atoms with Crippen LogP contribution in [0.15, 0.2) is 23.0 Å². The summed E-state index contributed by atoms with van der Waals surface area (Å²) in [6, 6.07) is 1.83. The average Bonchev–Trinajstić information content (AvgIpc) is 3.37. The Hall–Kier alpha value is -1.86. The van der Waals surface area contributed by atoms with Gasteiger partial charge in [-0.05, 0) is 50.0 Å². The summed E-state index contributed by atoms with van der Waals surface area (Å²) < 4.78 is 22.8. The maximum atomic E-state index is 13.5. The van der Waals surface area contributed by atoms with Crippen LogP contribution in [-0.4, -0.2) is 35.5 Å². The first-order valence-corrected chi connectivity index (χ1v) is 10.6. The molecule has 2 spiro atoms. The number of cyclic esters (lactones) is 1. The molecule has 0 amide bonds. The predicted octanol–water partition coefficient (Wildman–Crippen LogP) is 3.12. The van der Waals surface area contributed by atoms with Gasteiger partial charge in [0.1, 0.15) is 11.7 Å². The highest BCUT2D eigenvalue weighted by Crippen LogP contribution is 2.71. The molecule has 0 aromatic carbocycles. The van der Waals surface area contributed by atoms with E-state index in [2.05, 4.69) is 6.92 Å². The van der Waals surface area contributed by atoms with Crippen molar-refractivity contribution in [3.05, 3.63) is 24.2 Å². The lowest BCUT2D eigenvalue weighted by atomic mass is 9.43. The maximum Gasteiger partial charge on any atom is 0.313 e. The Balaban J connectivity index is 1.61. The number of esters is 2. The number of aliphatic hydroxyl groups excluding tert-OH is 1. The van der Waals surface area contributed by atoms with Gasteiger partial charge in [-0.1, -0.05) is 6.92 Å². The fourth-order valence-corrected chi connectivity index (χ4v) is 7.12. The molecule has 7 nitrogen and oxygen atoms in total. The van der Waals surface area contributed by atoms with Gasteiger partial charge in [0.15, 0.2) is 6.29 Å². The number of rotatable bonds is 2. The summed E-state index contributed by atoms with van der Waals surface area (Å²) in [6.45, 7) is 3.68. The van der Waals surface area contributed by atoms with Gasteiger partial charge < -0.3 is 23.7 Å². The van der Waals surface area contributed by atoms with Crippen LogP contribution in [0, 0.1) is 22.7 Å². The van der Waals surface area contributed by atoms with Crippen LogP contribution >= 0.6 is 0 Å². The molecule has 2 saturated carbocycles. The number of aliphatic hydroxyl groups is 1. The summed E-state index contributed by atoms with van der Waals surface area (Å²) in [5.74, 6) is -0.657. The zero-order chi connectivity index (χ0) is 20.4. The summed E-state index contributed by atoms with van der Waals surface area (Å²) in [5, 5.41) is 11.1. The fraction of sp³-hybridized carbons (Fsp3) is 0.727. The second-order valence-corrected chi connectivity index (χ2v) is 9.37. The quantitative estimate of drug-likeness (QED) is 0.757. The molecule has 4 fully saturated rings. The molecular weight excluding hydrogens is 376 g/mol. The second kappa shape index (κ2) is 6.32. The van der Waals surface area contributed by atoms with Crippen molar-refractivity contribution in [2.24, 2.45) is 22.7 Å². The normalized spacial score (nSPS) is 46.2. The third-order valence-corrected chi connectivity index (χ3v) is 8.36. The molecule has 2 aliphatic carbocycles. The van der Waals surface area contributed by atoms with Gasteiger partial charge >= 0.3 is 11.9 Å². The zero-order valence-corrected chi connectivity index (χ0v) is 16.9. The number of furan rings is 1. The van der Waals surface area contributed by atoms with Crippen molar-refractivity contribution in [3.8, 4) is 0 Å². The van der Waals surface area contributed by atoms with Crippen molar-refractivity contribution < 1.29 is 33.3 Å². The van der Waals surface area contributed by atoms with Crippen LogP contribution in [0.25, 0.3) is 0 Å². The Labute approximate surface area is 169 Å². The van der Waals surface area contributed by atoms with Gasteiger partial charge in [0.25, 0.3) is 0 Å². The van der Waals surface area contributed by atoms with E-state index in [1.165, 1.54) is 6.92 Å². The van der Waals surface area contributed by atoms with Crippen LogP contribution in [-0.2, 0) is 23.8 Å². The van der Waals surface area contributed by atoms with E-state index in [4.69, 9.17) is 18.6 Å². The molecule has 0 radical (unpaired) electrons. The van der Waals surface area contributed by atoms with Crippen LogP contribution in [0.2, 0.25) is 0 Å². The number of hydrogen-bond acceptors (Lipinski definition) is 7. The first-order valence-electron chi connectivity index (χ1n) is 10.6. The number of carbonyl (C=O) groups is 2. The molecule has 4 aliphatic rings. The Morgan fingerprint density at radius 3 is 2.86 bits per heavy atom. The van der Waals surface area contributed by atoms with E-state index in [0.29, 0.717) is 19.3 Å². The van der Waals surface area contributed by atoms with Crippen LogP contribution in [0.4, 0.5) is 0 Å². The molecule has 5 rings (SSSR count). The lowest BCUT2D eigenvalue weighted by molar-refractivity contribution is -0.243. The fourth-order valence-electron chi connectivity index (χ4n) is 7.12.